The van der Waals surface area contributed by atoms with Crippen LogP contribution in [0.15, 0.2) is 191 Å². The van der Waals surface area contributed by atoms with E-state index in [-0.39, 0.29) is 5.41 Å². The van der Waals surface area contributed by atoms with Crippen LogP contribution >= 0.6 is 0 Å². The predicted molar refractivity (Wildman–Crippen MR) is 282 cm³/mol. The summed E-state index contributed by atoms with van der Waals surface area (Å²) in [5.74, 6) is 0. The monoisotopic (exact) mass is 864 g/mol. The average Bonchev–Trinajstić information content (AvgIpc) is 4.00. The summed E-state index contributed by atoms with van der Waals surface area (Å²) in [7, 11) is 0. The molecule has 4 heteroatoms. The van der Waals surface area contributed by atoms with Gasteiger partial charge in [-0.25, -0.2) is 0 Å². The normalized spacial score (nSPS) is 13.0. The van der Waals surface area contributed by atoms with Crippen molar-refractivity contribution in [1.82, 2.24) is 0 Å². The first-order valence-corrected chi connectivity index (χ1v) is 23.3. The number of hydrogen-bond acceptors (Lipinski definition) is 4. The van der Waals surface area contributed by atoms with Crippen LogP contribution < -0.4 is 9.80 Å². The fraction of sp³-hybridized carbons (Fsp3) is 0.111. The SMILES string of the molecule is Cc1ccc(N(c2ccc3c4c(ccc3c2)-c2ccc3cc(N(c5ccc(C)c(C)c5)c5cccc6c5oc5ccccc56)ccc3c2C4(C)C)c2cccc3c2oc2ccccc23)cc1C. The minimum atomic E-state index is -0.270. The van der Waals surface area contributed by atoms with Gasteiger partial charge in [0.25, 0.3) is 0 Å². The Morgan fingerprint density at radius 1 is 0.343 bits per heavy atom. The van der Waals surface area contributed by atoms with Crippen LogP contribution in [0.1, 0.15) is 47.2 Å². The summed E-state index contributed by atoms with van der Waals surface area (Å²) in [6.07, 6.45) is 0. The zero-order chi connectivity index (χ0) is 45.3. The summed E-state index contributed by atoms with van der Waals surface area (Å²) in [5, 5.41) is 9.43. The van der Waals surface area contributed by atoms with Gasteiger partial charge in [-0.15, -0.1) is 0 Å². The standard InChI is InChI=1S/C63H48N2O2/c1-37-21-25-43(33-39(37)3)64(55-17-11-15-53-49-13-7-9-19-57(49)66-61(53)55)45-27-31-47-41(35-45)23-29-51-52-30-24-42-36-46(28-32-48(42)60(52)63(5,6)59(47)51)65(44-26-22-38(2)40(4)34-44)56-18-12-16-54-50-14-8-10-20-58(50)67-62(54)56/h7-36H,1-6H3. The molecule has 0 amide bonds. The first-order chi connectivity index (χ1) is 32.6. The summed E-state index contributed by atoms with van der Waals surface area (Å²) < 4.78 is 13.3. The van der Waals surface area contributed by atoms with Gasteiger partial charge in [0, 0.05) is 49.7 Å². The molecular formula is C63H48N2O2. The number of anilines is 6. The van der Waals surface area contributed by atoms with E-state index in [1.807, 2.05) is 12.1 Å². The Kier molecular flexibility index (Phi) is 8.48. The van der Waals surface area contributed by atoms with E-state index in [0.29, 0.717) is 0 Å². The Morgan fingerprint density at radius 2 is 0.746 bits per heavy atom. The average molecular weight is 865 g/mol. The fourth-order valence-electron chi connectivity index (χ4n) is 11.2. The molecule has 10 aromatic carbocycles. The highest BCUT2D eigenvalue weighted by molar-refractivity contribution is 6.12. The Balaban J connectivity index is 0.944. The molecule has 13 rings (SSSR count). The van der Waals surface area contributed by atoms with Gasteiger partial charge in [0.1, 0.15) is 11.2 Å². The van der Waals surface area contributed by atoms with Crippen molar-refractivity contribution in [1.29, 1.82) is 0 Å². The molecule has 0 unspecified atom stereocenters. The van der Waals surface area contributed by atoms with Gasteiger partial charge in [0.2, 0.25) is 0 Å². The van der Waals surface area contributed by atoms with Gasteiger partial charge < -0.3 is 18.6 Å². The smallest absolute Gasteiger partial charge is 0.159 e. The van der Waals surface area contributed by atoms with Crippen molar-refractivity contribution < 1.29 is 8.83 Å². The number of aryl methyl sites for hydroxylation is 4. The molecule has 2 heterocycles. The summed E-state index contributed by atoms with van der Waals surface area (Å²) >= 11 is 0. The second-order valence-electron chi connectivity index (χ2n) is 19.1. The molecular weight excluding hydrogens is 817 g/mol. The van der Waals surface area contributed by atoms with Gasteiger partial charge >= 0.3 is 0 Å². The molecule has 1 aliphatic carbocycles. The summed E-state index contributed by atoms with van der Waals surface area (Å²) in [5.41, 5.74) is 20.0. The van der Waals surface area contributed by atoms with Crippen molar-refractivity contribution in [2.75, 3.05) is 9.80 Å². The zero-order valence-electron chi connectivity index (χ0n) is 38.5. The number of furan rings is 2. The van der Waals surface area contributed by atoms with Crippen LogP contribution in [-0.2, 0) is 5.41 Å². The number of fused-ring (bicyclic) bond motifs is 13. The van der Waals surface area contributed by atoms with Crippen molar-refractivity contribution in [2.24, 2.45) is 0 Å². The van der Waals surface area contributed by atoms with Gasteiger partial charge in [-0.05, 0) is 167 Å². The van der Waals surface area contributed by atoms with Crippen LogP contribution in [0.5, 0.6) is 0 Å². The summed E-state index contributed by atoms with van der Waals surface area (Å²) in [6.45, 7) is 13.5. The Labute approximate surface area is 389 Å². The van der Waals surface area contributed by atoms with E-state index in [9.17, 15) is 0 Å². The fourth-order valence-corrected chi connectivity index (χ4v) is 11.2. The molecule has 0 aliphatic heterocycles. The first kappa shape index (κ1) is 39.3. The van der Waals surface area contributed by atoms with Crippen LogP contribution in [0.25, 0.3) is 76.5 Å². The van der Waals surface area contributed by atoms with Crippen molar-refractivity contribution in [3.8, 4) is 11.1 Å². The lowest BCUT2D eigenvalue weighted by Gasteiger charge is -2.28. The first-order valence-electron chi connectivity index (χ1n) is 23.3. The zero-order valence-corrected chi connectivity index (χ0v) is 38.5. The highest BCUT2D eigenvalue weighted by atomic mass is 16.3. The molecule has 0 bridgehead atoms. The molecule has 0 spiro atoms. The molecule has 0 fully saturated rings. The van der Waals surface area contributed by atoms with Gasteiger partial charge in [-0.2, -0.15) is 0 Å². The lowest BCUT2D eigenvalue weighted by molar-refractivity contribution is 0.668. The molecule has 12 aromatic rings. The maximum Gasteiger partial charge on any atom is 0.159 e. The van der Waals surface area contributed by atoms with Crippen LogP contribution in [0.4, 0.5) is 34.1 Å². The molecule has 1 aliphatic rings. The Hall–Kier alpha value is -8.08. The molecule has 0 radical (unpaired) electrons. The third-order valence-corrected chi connectivity index (χ3v) is 14.8. The molecule has 4 nitrogen and oxygen atoms in total. The topological polar surface area (TPSA) is 32.8 Å². The van der Waals surface area contributed by atoms with E-state index in [0.717, 1.165) is 78.0 Å². The lowest BCUT2D eigenvalue weighted by atomic mass is 9.78. The van der Waals surface area contributed by atoms with Crippen LogP contribution in [0.2, 0.25) is 0 Å². The molecule has 0 atom stereocenters. The second-order valence-corrected chi connectivity index (χ2v) is 19.1. The maximum absolute atomic E-state index is 6.66. The van der Waals surface area contributed by atoms with E-state index in [1.165, 1.54) is 66.1 Å². The molecule has 0 saturated heterocycles. The molecule has 322 valence electrons. The minimum absolute atomic E-state index is 0.270. The van der Waals surface area contributed by atoms with Crippen molar-refractivity contribution in [2.45, 2.75) is 47.0 Å². The largest absolute Gasteiger partial charge is 0.454 e. The van der Waals surface area contributed by atoms with Crippen molar-refractivity contribution in [3.63, 3.8) is 0 Å². The molecule has 0 saturated carbocycles. The highest BCUT2D eigenvalue weighted by Gasteiger charge is 2.38. The number of rotatable bonds is 6. The highest BCUT2D eigenvalue weighted by Crippen LogP contribution is 2.55. The Morgan fingerprint density at radius 3 is 1.19 bits per heavy atom. The second kappa shape index (κ2) is 14.5. The van der Waals surface area contributed by atoms with Gasteiger partial charge in [-0.3, -0.25) is 0 Å². The van der Waals surface area contributed by atoms with Gasteiger partial charge in [0.05, 0.1) is 11.4 Å². The van der Waals surface area contributed by atoms with Gasteiger partial charge in [0.15, 0.2) is 11.2 Å². The van der Waals surface area contributed by atoms with Gasteiger partial charge in [-0.1, -0.05) is 123 Å². The van der Waals surface area contributed by atoms with E-state index in [2.05, 4.69) is 221 Å². The van der Waals surface area contributed by atoms with E-state index < -0.39 is 0 Å². The third kappa shape index (κ3) is 5.85. The van der Waals surface area contributed by atoms with Crippen molar-refractivity contribution >= 4 is 99.5 Å². The van der Waals surface area contributed by atoms with Crippen molar-refractivity contribution in [3.05, 3.63) is 215 Å². The van der Waals surface area contributed by atoms with Crippen LogP contribution in [0, 0.1) is 27.7 Å². The summed E-state index contributed by atoms with van der Waals surface area (Å²) in [6, 6.07) is 66.5. The van der Waals surface area contributed by atoms with E-state index in [1.54, 1.807) is 0 Å². The molecule has 2 aromatic heterocycles. The number of para-hydroxylation sites is 4. The molecule has 0 N–H and O–H groups in total. The lowest BCUT2D eigenvalue weighted by Crippen LogP contribution is -2.16. The number of nitrogens with zero attached hydrogens (tertiary/aromatic N) is 2. The minimum Gasteiger partial charge on any atom is -0.454 e. The predicted octanol–water partition coefficient (Wildman–Crippen LogP) is 18.3. The van der Waals surface area contributed by atoms with E-state index in [4.69, 9.17) is 8.83 Å². The quantitative estimate of drug-likeness (QED) is 0.167. The Bertz CT molecular complexity index is 3770. The number of benzene rings is 10. The van der Waals surface area contributed by atoms with Crippen LogP contribution in [0.3, 0.4) is 0 Å². The summed E-state index contributed by atoms with van der Waals surface area (Å²) in [4.78, 5) is 4.73. The third-order valence-electron chi connectivity index (χ3n) is 14.8. The van der Waals surface area contributed by atoms with E-state index >= 15 is 0 Å². The molecule has 67 heavy (non-hydrogen) atoms. The van der Waals surface area contributed by atoms with Crippen LogP contribution in [-0.4, -0.2) is 0 Å². The number of hydrogen-bond donors (Lipinski definition) is 0. The maximum atomic E-state index is 6.66.